The zero-order valence-corrected chi connectivity index (χ0v) is 8.78. The first-order valence-electron chi connectivity index (χ1n) is 2.14. The van der Waals surface area contributed by atoms with E-state index >= 15 is 0 Å². The maximum Gasteiger partial charge on any atom is 0.306 e. The molecule has 6 nitrogen and oxygen atoms in total. The van der Waals surface area contributed by atoms with Gasteiger partial charge in [-0.05, 0) is 0 Å². The monoisotopic (exact) mass is 214 g/mol. The van der Waals surface area contributed by atoms with Crippen molar-refractivity contribution in [1.29, 1.82) is 0 Å². The molecule has 1 unspecified atom stereocenters. The maximum atomic E-state index is 9.66. The van der Waals surface area contributed by atoms with Crippen molar-refractivity contribution >= 4 is 11.9 Å². The molecule has 0 radical (unpaired) electrons. The summed E-state index contributed by atoms with van der Waals surface area (Å²) in [6.45, 7) is 0. The zero-order chi connectivity index (χ0) is 7.44. The van der Waals surface area contributed by atoms with Crippen LogP contribution in [0.5, 0.6) is 0 Å². The predicted octanol–water partition coefficient (Wildman–Crippen LogP) is -2.27. The molecule has 0 amide bonds. The number of hydrogen-bond acceptors (Lipinski definition) is 5. The van der Waals surface area contributed by atoms with Crippen LogP contribution in [0.4, 0.5) is 0 Å². The van der Waals surface area contributed by atoms with Gasteiger partial charge in [0.15, 0.2) is 0 Å². The summed E-state index contributed by atoms with van der Waals surface area (Å²) in [4.78, 5) is 19.3. The van der Waals surface area contributed by atoms with Gasteiger partial charge in [-0.1, -0.05) is 0 Å². The molecule has 11 heavy (non-hydrogen) atoms. The van der Waals surface area contributed by atoms with Crippen LogP contribution >= 0.6 is 0 Å². The van der Waals surface area contributed by atoms with Gasteiger partial charge in [-0.2, -0.15) is 0 Å². The van der Waals surface area contributed by atoms with Crippen LogP contribution in [0.3, 0.4) is 0 Å². The third-order valence-corrected chi connectivity index (χ3v) is 0.640. The first-order chi connectivity index (χ1) is 4.04. The van der Waals surface area contributed by atoms with Crippen LogP contribution in [-0.4, -0.2) is 28.3 Å². The van der Waals surface area contributed by atoms with Gasteiger partial charge >= 0.3 is 5.97 Å². The van der Waals surface area contributed by atoms with E-state index in [0.29, 0.717) is 0 Å². The van der Waals surface area contributed by atoms with Gasteiger partial charge in [-0.25, -0.2) is 0 Å². The molecule has 0 aliphatic rings. The number of carboxylic acids is 2. The van der Waals surface area contributed by atoms with E-state index in [0.717, 1.165) is 0 Å². The van der Waals surface area contributed by atoms with Crippen LogP contribution in [0.2, 0.25) is 0 Å². The minimum atomic E-state index is -1.90. The van der Waals surface area contributed by atoms with Gasteiger partial charge in [0.2, 0.25) is 0 Å². The van der Waals surface area contributed by atoms with E-state index in [1.165, 1.54) is 0 Å². The predicted molar refractivity (Wildman–Crippen MR) is 28.3 cm³/mol. The Kier molecular flexibility index (Phi) is 11.6. The Hall–Kier alpha value is -0.517. The number of aliphatic hydroxyl groups excluding tert-OH is 1. The Morgan fingerprint density at radius 3 is 1.91 bits per heavy atom. The minimum absolute atomic E-state index is 0. The second-order valence-electron chi connectivity index (χ2n) is 1.43. The molecule has 0 saturated heterocycles. The zero-order valence-electron chi connectivity index (χ0n) is 5.82. The van der Waals surface area contributed by atoms with Crippen molar-refractivity contribution in [1.82, 2.24) is 6.15 Å². The minimum Gasteiger partial charge on any atom is -0.547 e. The molecule has 0 saturated carbocycles. The van der Waals surface area contributed by atoms with E-state index in [-0.39, 0.29) is 25.6 Å². The summed E-state index contributed by atoms with van der Waals surface area (Å²) in [6, 6.07) is 0. The van der Waals surface area contributed by atoms with Gasteiger partial charge < -0.3 is 26.3 Å². The summed E-state index contributed by atoms with van der Waals surface area (Å²) in [5.74, 6) is -3.14. The Morgan fingerprint density at radius 1 is 1.45 bits per heavy atom. The normalized spacial score (nSPS) is 10.3. The number of carboxylic acid groups (broad SMARTS) is 2. The maximum absolute atomic E-state index is 9.66. The van der Waals surface area contributed by atoms with Gasteiger partial charge in [-0.3, -0.25) is 4.79 Å². The van der Waals surface area contributed by atoms with E-state index in [2.05, 4.69) is 0 Å². The molecular weight excluding hydrogens is 207 g/mol. The van der Waals surface area contributed by atoms with Crippen molar-refractivity contribution in [2.24, 2.45) is 0 Å². The molecule has 5 N–H and O–H groups in total. The Labute approximate surface area is 75.6 Å². The van der Waals surface area contributed by atoms with Crippen LogP contribution in [0, 0.1) is 0 Å². The SMILES string of the molecule is N.O=C(O)CC(O)C(=O)[O-].[Zn]. The van der Waals surface area contributed by atoms with Crippen molar-refractivity contribution in [3.63, 3.8) is 0 Å². The van der Waals surface area contributed by atoms with Gasteiger partial charge in [0.25, 0.3) is 0 Å². The Bertz CT molecular complexity index is 138. The van der Waals surface area contributed by atoms with Crippen molar-refractivity contribution in [2.75, 3.05) is 0 Å². The van der Waals surface area contributed by atoms with Crippen molar-refractivity contribution < 1.29 is 44.4 Å². The topological polar surface area (TPSA) is 133 Å². The van der Waals surface area contributed by atoms with Crippen molar-refractivity contribution in [2.45, 2.75) is 12.5 Å². The van der Waals surface area contributed by atoms with Gasteiger partial charge in [0, 0.05) is 19.5 Å². The van der Waals surface area contributed by atoms with Crippen LogP contribution in [0.25, 0.3) is 0 Å². The summed E-state index contributed by atoms with van der Waals surface area (Å²) in [7, 11) is 0. The van der Waals surface area contributed by atoms with Crippen molar-refractivity contribution in [3.8, 4) is 0 Å². The second-order valence-corrected chi connectivity index (χ2v) is 1.43. The fourth-order valence-corrected chi connectivity index (χ4v) is 0.249. The number of hydrogen-bond donors (Lipinski definition) is 3. The summed E-state index contributed by atoms with van der Waals surface area (Å²) in [5.41, 5.74) is 0. The van der Waals surface area contributed by atoms with E-state index in [9.17, 15) is 14.7 Å². The van der Waals surface area contributed by atoms with E-state index in [1.54, 1.807) is 0 Å². The molecule has 0 aromatic carbocycles. The second kappa shape index (κ2) is 7.59. The molecule has 0 bridgehead atoms. The van der Waals surface area contributed by atoms with E-state index in [1.807, 2.05) is 0 Å². The van der Waals surface area contributed by atoms with Gasteiger partial charge in [-0.15, -0.1) is 0 Å². The number of aliphatic carboxylic acids is 2. The molecule has 0 aromatic rings. The number of carbonyl (C=O) groups excluding carboxylic acids is 1. The summed E-state index contributed by atoms with van der Waals surface area (Å²) < 4.78 is 0. The Balaban J connectivity index is -0.000000320. The molecular formula is C4H8NO5Zn-. The molecule has 0 aromatic heterocycles. The summed E-state index contributed by atoms with van der Waals surface area (Å²) >= 11 is 0. The number of carbonyl (C=O) groups is 2. The van der Waals surface area contributed by atoms with Crippen LogP contribution in [0.1, 0.15) is 6.42 Å². The molecule has 0 heterocycles. The largest absolute Gasteiger partial charge is 0.547 e. The fourth-order valence-electron chi connectivity index (χ4n) is 0.249. The standard InChI is InChI=1S/C4H6O5.H3N.Zn/c5-2(4(8)9)1-3(6)7;;/h2,5H,1H2,(H,6,7)(H,8,9);1H3;/p-1. The molecule has 0 fully saturated rings. The fraction of sp³-hybridized carbons (Fsp3) is 0.500. The average molecular weight is 216 g/mol. The molecule has 62 valence electrons. The van der Waals surface area contributed by atoms with Crippen molar-refractivity contribution in [3.05, 3.63) is 0 Å². The smallest absolute Gasteiger partial charge is 0.306 e. The first kappa shape index (κ1) is 16.8. The van der Waals surface area contributed by atoms with Gasteiger partial charge in [0.05, 0.1) is 12.4 Å². The molecule has 0 aliphatic heterocycles. The summed E-state index contributed by atoms with van der Waals surface area (Å²) in [6.07, 6.45) is -2.72. The quantitative estimate of drug-likeness (QED) is 0.455. The molecule has 0 aliphatic carbocycles. The molecule has 0 rings (SSSR count). The third kappa shape index (κ3) is 9.48. The molecule has 0 spiro atoms. The van der Waals surface area contributed by atoms with Gasteiger partial charge in [0.1, 0.15) is 6.10 Å². The Morgan fingerprint density at radius 2 is 1.82 bits per heavy atom. The molecule has 1 atom stereocenters. The van der Waals surface area contributed by atoms with E-state index < -0.39 is 24.5 Å². The first-order valence-corrected chi connectivity index (χ1v) is 2.14. The number of rotatable bonds is 3. The number of aliphatic hydroxyl groups is 1. The van der Waals surface area contributed by atoms with E-state index in [4.69, 9.17) is 10.2 Å². The third-order valence-electron chi connectivity index (χ3n) is 0.640. The summed E-state index contributed by atoms with van der Waals surface area (Å²) in [5, 5.41) is 25.7. The van der Waals surface area contributed by atoms with Crippen LogP contribution < -0.4 is 11.3 Å². The molecule has 7 heteroatoms. The van der Waals surface area contributed by atoms with Crippen LogP contribution in [-0.2, 0) is 29.1 Å². The van der Waals surface area contributed by atoms with Crippen LogP contribution in [0.15, 0.2) is 0 Å². The average Bonchev–Trinajstić information content (AvgIpc) is 1.63.